The lowest BCUT2D eigenvalue weighted by atomic mass is 10.1. The molecule has 1 aliphatic rings. The standard InChI is InChI=1S/C19H30N2O.C17H19N3O3S/c1-2-3-11-18(19(22)21-15-17-12-13-17)20-14-7-10-16-8-5-4-6-9-16;1-20(24(2)23)15-9-13(16(18)21)8-14(10-15)17(22)19-11-12-6-4-3-5-7-12/h4-6,8-9,17-18,20H,2-3,7,10-15H2,1H3,(H,21,22);3-10H,11H2,1-2H3,(H2,18,21)(H,19,22)/t18-;/m0./s1. The molecule has 0 radical (unpaired) electrons. The van der Waals surface area contributed by atoms with Crippen LogP contribution in [0.4, 0.5) is 5.69 Å². The van der Waals surface area contributed by atoms with Gasteiger partial charge in [-0.15, -0.1) is 0 Å². The molecule has 2 atom stereocenters. The first-order chi connectivity index (χ1) is 22.2. The van der Waals surface area contributed by atoms with E-state index in [-0.39, 0.29) is 29.0 Å². The molecule has 3 aromatic rings. The van der Waals surface area contributed by atoms with E-state index in [0.717, 1.165) is 56.7 Å². The maximum atomic E-state index is 12.4. The van der Waals surface area contributed by atoms with Crippen LogP contribution in [0.15, 0.2) is 78.9 Å². The topological polar surface area (TPSA) is 134 Å². The summed E-state index contributed by atoms with van der Waals surface area (Å²) in [7, 11) is 0.325. The van der Waals surface area contributed by atoms with Crippen LogP contribution >= 0.6 is 0 Å². The Kier molecular flexibility index (Phi) is 15.4. The molecular formula is C36H49N5O4S. The van der Waals surface area contributed by atoms with Gasteiger partial charge in [-0.1, -0.05) is 80.4 Å². The quantitative estimate of drug-likeness (QED) is 0.157. The second-order valence-electron chi connectivity index (χ2n) is 11.6. The van der Waals surface area contributed by atoms with Gasteiger partial charge in [0, 0.05) is 37.5 Å². The second kappa shape index (κ2) is 19.5. The Morgan fingerprint density at radius 1 is 0.913 bits per heavy atom. The van der Waals surface area contributed by atoms with Crippen molar-refractivity contribution in [3.8, 4) is 0 Å². The molecule has 1 aliphatic carbocycles. The molecule has 248 valence electrons. The number of rotatable bonds is 17. The molecule has 1 unspecified atom stereocenters. The Bertz CT molecular complexity index is 1420. The average molecular weight is 648 g/mol. The smallest absolute Gasteiger partial charge is 0.251 e. The zero-order chi connectivity index (χ0) is 33.3. The van der Waals surface area contributed by atoms with E-state index in [1.165, 1.54) is 41.1 Å². The fourth-order valence-electron chi connectivity index (χ4n) is 4.73. The maximum Gasteiger partial charge on any atom is 0.251 e. The molecule has 4 rings (SSSR count). The predicted molar refractivity (Wildman–Crippen MR) is 187 cm³/mol. The molecule has 0 spiro atoms. The zero-order valence-electron chi connectivity index (χ0n) is 27.3. The summed E-state index contributed by atoms with van der Waals surface area (Å²) in [6, 6.07) is 24.5. The molecule has 46 heavy (non-hydrogen) atoms. The molecule has 1 saturated carbocycles. The number of amides is 3. The third kappa shape index (κ3) is 13.1. The summed E-state index contributed by atoms with van der Waals surface area (Å²) >= 11 is 0. The van der Waals surface area contributed by atoms with E-state index in [1.807, 2.05) is 36.4 Å². The van der Waals surface area contributed by atoms with Crippen molar-refractivity contribution in [2.45, 2.75) is 64.5 Å². The fraction of sp³-hybridized carbons (Fsp3) is 0.417. The highest BCUT2D eigenvalue weighted by Gasteiger charge is 2.24. The van der Waals surface area contributed by atoms with Crippen LogP contribution in [0.3, 0.4) is 0 Å². The van der Waals surface area contributed by atoms with Gasteiger partial charge in [-0.2, -0.15) is 0 Å². The molecule has 0 saturated heterocycles. The molecule has 10 heteroatoms. The van der Waals surface area contributed by atoms with Crippen molar-refractivity contribution < 1.29 is 18.6 Å². The van der Waals surface area contributed by atoms with E-state index in [0.29, 0.717) is 12.2 Å². The highest BCUT2D eigenvalue weighted by molar-refractivity contribution is 7.85. The zero-order valence-corrected chi connectivity index (χ0v) is 28.1. The van der Waals surface area contributed by atoms with Gasteiger partial charge in [0.1, 0.15) is 11.0 Å². The van der Waals surface area contributed by atoms with Gasteiger partial charge in [-0.3, -0.25) is 18.7 Å². The van der Waals surface area contributed by atoms with Crippen molar-refractivity contribution in [3.05, 3.63) is 101 Å². The van der Waals surface area contributed by atoms with Crippen LogP contribution in [0.5, 0.6) is 0 Å². The normalized spacial score (nSPS) is 13.5. The lowest BCUT2D eigenvalue weighted by Gasteiger charge is -2.18. The third-order valence-electron chi connectivity index (χ3n) is 7.81. The van der Waals surface area contributed by atoms with Crippen molar-refractivity contribution in [1.82, 2.24) is 16.0 Å². The van der Waals surface area contributed by atoms with Gasteiger partial charge in [0.15, 0.2) is 0 Å². The number of carbonyl (C=O) groups is 3. The van der Waals surface area contributed by atoms with Crippen molar-refractivity contribution >= 4 is 34.4 Å². The Balaban J connectivity index is 0.000000251. The minimum atomic E-state index is -1.29. The van der Waals surface area contributed by atoms with Crippen LogP contribution < -0.4 is 26.0 Å². The van der Waals surface area contributed by atoms with Gasteiger partial charge in [-0.25, -0.2) is 4.21 Å². The molecule has 0 heterocycles. The van der Waals surface area contributed by atoms with Crippen LogP contribution in [0, 0.1) is 5.92 Å². The number of carbonyl (C=O) groups excluding carboxylic acids is 3. The van der Waals surface area contributed by atoms with Crippen LogP contribution in [0.1, 0.15) is 77.3 Å². The van der Waals surface area contributed by atoms with Crippen LogP contribution in [-0.2, 0) is 28.7 Å². The number of primary amides is 1. The number of benzene rings is 3. The first-order valence-corrected chi connectivity index (χ1v) is 17.6. The van der Waals surface area contributed by atoms with Crippen molar-refractivity contribution in [2.75, 3.05) is 30.7 Å². The van der Waals surface area contributed by atoms with Gasteiger partial charge in [0.25, 0.3) is 5.91 Å². The monoisotopic (exact) mass is 647 g/mol. The second-order valence-corrected chi connectivity index (χ2v) is 13.0. The van der Waals surface area contributed by atoms with Crippen LogP contribution in [0.2, 0.25) is 0 Å². The summed E-state index contributed by atoms with van der Waals surface area (Å²) in [5.41, 5.74) is 8.62. The largest absolute Gasteiger partial charge is 0.366 e. The van der Waals surface area contributed by atoms with E-state index in [4.69, 9.17) is 5.73 Å². The highest BCUT2D eigenvalue weighted by atomic mass is 32.2. The number of nitrogens with two attached hydrogens (primary N) is 1. The molecule has 9 nitrogen and oxygen atoms in total. The summed E-state index contributed by atoms with van der Waals surface area (Å²) in [6.07, 6.45) is 9.39. The number of nitrogens with zero attached hydrogens (tertiary/aromatic N) is 1. The summed E-state index contributed by atoms with van der Waals surface area (Å²) in [6.45, 7) is 4.31. The summed E-state index contributed by atoms with van der Waals surface area (Å²) in [4.78, 5) is 36.1. The molecule has 5 N–H and O–H groups in total. The van der Waals surface area contributed by atoms with Crippen molar-refractivity contribution in [3.63, 3.8) is 0 Å². The Labute approximate surface area is 276 Å². The summed E-state index contributed by atoms with van der Waals surface area (Å²) in [5.74, 6) is -0.0448. The molecule has 0 aromatic heterocycles. The van der Waals surface area contributed by atoms with Crippen LogP contribution in [-0.4, -0.2) is 54.4 Å². The molecule has 3 aromatic carbocycles. The third-order valence-corrected chi connectivity index (χ3v) is 8.79. The maximum absolute atomic E-state index is 12.4. The molecule has 1 fully saturated rings. The highest BCUT2D eigenvalue weighted by Crippen LogP contribution is 2.27. The van der Waals surface area contributed by atoms with E-state index < -0.39 is 16.9 Å². The van der Waals surface area contributed by atoms with Gasteiger partial charge in [-0.05, 0) is 73.9 Å². The number of aryl methyl sites for hydroxylation is 1. The van der Waals surface area contributed by atoms with E-state index in [1.54, 1.807) is 13.1 Å². The SMILES string of the molecule is CCCC[C@H](NCCCc1ccccc1)C(=O)NCC1CC1.CN(c1cc(C(N)=O)cc(C(=O)NCc2ccccc2)c1)S(C)=O. The number of hydrogen-bond acceptors (Lipinski definition) is 5. The van der Waals surface area contributed by atoms with Crippen LogP contribution in [0.25, 0.3) is 0 Å². The Hall–Kier alpha value is -4.02. The minimum absolute atomic E-state index is 0.0190. The lowest BCUT2D eigenvalue weighted by molar-refractivity contribution is -0.123. The summed E-state index contributed by atoms with van der Waals surface area (Å²) in [5, 5.41) is 9.36. The molecule has 0 aliphatic heterocycles. The van der Waals surface area contributed by atoms with E-state index in [9.17, 15) is 18.6 Å². The Morgan fingerprint density at radius 2 is 1.54 bits per heavy atom. The first kappa shape index (κ1) is 36.4. The number of anilines is 1. The minimum Gasteiger partial charge on any atom is -0.366 e. The molecule has 0 bridgehead atoms. The van der Waals surface area contributed by atoms with Gasteiger partial charge in [0.2, 0.25) is 11.8 Å². The fourth-order valence-corrected chi connectivity index (χ4v) is 5.14. The van der Waals surface area contributed by atoms with Gasteiger partial charge >= 0.3 is 0 Å². The first-order valence-electron chi connectivity index (χ1n) is 16.1. The molecular weight excluding hydrogens is 598 g/mol. The predicted octanol–water partition coefficient (Wildman–Crippen LogP) is 4.74. The number of hydrogen-bond donors (Lipinski definition) is 4. The average Bonchev–Trinajstić information content (AvgIpc) is 3.91. The van der Waals surface area contributed by atoms with Gasteiger partial charge in [0.05, 0.1) is 11.7 Å². The number of unbranched alkanes of at least 4 members (excludes halogenated alkanes) is 1. The molecule has 3 amide bonds. The number of nitrogens with one attached hydrogen (secondary N) is 3. The van der Waals surface area contributed by atoms with Gasteiger partial charge < -0.3 is 21.7 Å². The van der Waals surface area contributed by atoms with Crippen molar-refractivity contribution in [1.29, 1.82) is 0 Å². The van der Waals surface area contributed by atoms with E-state index >= 15 is 0 Å². The van der Waals surface area contributed by atoms with Crippen molar-refractivity contribution in [2.24, 2.45) is 11.7 Å². The Morgan fingerprint density at radius 3 is 2.13 bits per heavy atom. The lowest BCUT2D eigenvalue weighted by Crippen LogP contribution is -2.45. The van der Waals surface area contributed by atoms with E-state index in [2.05, 4.69) is 47.1 Å². The summed E-state index contributed by atoms with van der Waals surface area (Å²) < 4.78 is 13.1.